The Labute approximate surface area is 107 Å². The highest BCUT2D eigenvalue weighted by Crippen LogP contribution is 2.16. The zero-order valence-corrected chi connectivity index (χ0v) is 10.6. The zero-order valence-electron chi connectivity index (χ0n) is 10.6. The summed E-state index contributed by atoms with van der Waals surface area (Å²) in [5, 5.41) is 2.86. The van der Waals surface area contributed by atoms with Gasteiger partial charge in [-0.25, -0.2) is 0 Å². The summed E-state index contributed by atoms with van der Waals surface area (Å²) in [4.78, 5) is 13.9. The number of nitrogens with two attached hydrogens (primary N) is 1. The molecular formula is C13H19N3O2. The zero-order chi connectivity index (χ0) is 13.0. The van der Waals surface area contributed by atoms with Crippen LogP contribution in [0.4, 0.5) is 5.69 Å². The second-order valence-electron chi connectivity index (χ2n) is 4.56. The number of ether oxygens (including phenoxy) is 1. The Bertz CT molecular complexity index is 422. The molecule has 0 aliphatic carbocycles. The molecule has 0 spiro atoms. The molecule has 1 aliphatic rings. The first-order chi connectivity index (χ1) is 8.67. The van der Waals surface area contributed by atoms with Crippen molar-refractivity contribution in [3.05, 3.63) is 24.3 Å². The van der Waals surface area contributed by atoms with Crippen molar-refractivity contribution in [1.29, 1.82) is 0 Å². The highest BCUT2D eigenvalue weighted by Gasteiger charge is 2.20. The van der Waals surface area contributed by atoms with Crippen molar-refractivity contribution < 1.29 is 9.53 Å². The molecular weight excluding hydrogens is 230 g/mol. The van der Waals surface area contributed by atoms with Gasteiger partial charge in [0.15, 0.2) is 0 Å². The largest absolute Gasteiger partial charge is 0.497 e. The first-order valence-electron chi connectivity index (χ1n) is 6.09. The molecule has 0 aromatic heterocycles. The lowest BCUT2D eigenvalue weighted by molar-refractivity contribution is -0.117. The summed E-state index contributed by atoms with van der Waals surface area (Å²) in [6.07, 6.45) is 0.965. The van der Waals surface area contributed by atoms with Gasteiger partial charge in [-0.15, -0.1) is 0 Å². The van der Waals surface area contributed by atoms with Crippen molar-refractivity contribution in [3.63, 3.8) is 0 Å². The summed E-state index contributed by atoms with van der Waals surface area (Å²) in [6, 6.07) is 7.54. The SMILES string of the molecule is COc1cccc(NC(=O)CN2CCC(N)C2)c1. The van der Waals surface area contributed by atoms with Gasteiger partial charge in [0.2, 0.25) is 5.91 Å². The smallest absolute Gasteiger partial charge is 0.238 e. The predicted octanol–water partition coefficient (Wildman–Crippen LogP) is 0.667. The van der Waals surface area contributed by atoms with Gasteiger partial charge in [0.25, 0.3) is 0 Å². The summed E-state index contributed by atoms with van der Waals surface area (Å²) >= 11 is 0. The number of nitrogens with one attached hydrogen (secondary N) is 1. The maximum Gasteiger partial charge on any atom is 0.238 e. The number of likely N-dealkylation sites (tertiary alicyclic amines) is 1. The van der Waals surface area contributed by atoms with E-state index >= 15 is 0 Å². The summed E-state index contributed by atoms with van der Waals surface area (Å²) < 4.78 is 5.11. The van der Waals surface area contributed by atoms with Crippen LogP contribution in [0.5, 0.6) is 5.75 Å². The number of carbonyl (C=O) groups is 1. The van der Waals surface area contributed by atoms with Gasteiger partial charge >= 0.3 is 0 Å². The fourth-order valence-corrected chi connectivity index (χ4v) is 2.11. The van der Waals surface area contributed by atoms with E-state index in [0.29, 0.717) is 6.54 Å². The summed E-state index contributed by atoms with van der Waals surface area (Å²) in [6.45, 7) is 2.09. The number of hydrogen-bond acceptors (Lipinski definition) is 4. The molecule has 0 radical (unpaired) electrons. The monoisotopic (exact) mass is 249 g/mol. The van der Waals surface area contributed by atoms with Gasteiger partial charge in [0.05, 0.1) is 13.7 Å². The second-order valence-corrected chi connectivity index (χ2v) is 4.56. The molecule has 1 amide bonds. The Morgan fingerprint density at radius 3 is 3.11 bits per heavy atom. The van der Waals surface area contributed by atoms with E-state index in [0.717, 1.165) is 30.9 Å². The Morgan fingerprint density at radius 2 is 2.44 bits per heavy atom. The number of benzene rings is 1. The first-order valence-corrected chi connectivity index (χ1v) is 6.09. The molecule has 1 unspecified atom stereocenters. The van der Waals surface area contributed by atoms with Crippen LogP contribution in [-0.4, -0.2) is 43.6 Å². The third-order valence-electron chi connectivity index (χ3n) is 3.03. The summed E-state index contributed by atoms with van der Waals surface area (Å²) in [7, 11) is 1.60. The number of hydrogen-bond donors (Lipinski definition) is 2. The third kappa shape index (κ3) is 3.45. The number of nitrogens with zero attached hydrogens (tertiary/aromatic N) is 1. The minimum absolute atomic E-state index is 0.0163. The molecule has 1 aromatic carbocycles. The van der Waals surface area contributed by atoms with Crippen LogP contribution >= 0.6 is 0 Å². The van der Waals surface area contributed by atoms with E-state index in [1.165, 1.54) is 0 Å². The second kappa shape index (κ2) is 5.84. The number of rotatable bonds is 4. The van der Waals surface area contributed by atoms with Gasteiger partial charge in [-0.2, -0.15) is 0 Å². The molecule has 0 bridgehead atoms. The van der Waals surface area contributed by atoms with Crippen molar-refractivity contribution in [2.75, 3.05) is 32.1 Å². The lowest BCUT2D eigenvalue weighted by Crippen LogP contribution is -2.33. The maximum absolute atomic E-state index is 11.8. The summed E-state index contributed by atoms with van der Waals surface area (Å²) in [5.74, 6) is 0.716. The number of carbonyl (C=O) groups excluding carboxylic acids is 1. The van der Waals surface area contributed by atoms with Crippen molar-refractivity contribution in [1.82, 2.24) is 4.90 Å². The Morgan fingerprint density at radius 1 is 1.61 bits per heavy atom. The first kappa shape index (κ1) is 12.9. The van der Waals surface area contributed by atoms with Crippen molar-refractivity contribution in [2.45, 2.75) is 12.5 Å². The lowest BCUT2D eigenvalue weighted by atomic mass is 10.3. The third-order valence-corrected chi connectivity index (χ3v) is 3.03. The van der Waals surface area contributed by atoms with Crippen molar-refractivity contribution >= 4 is 11.6 Å². The quantitative estimate of drug-likeness (QED) is 0.823. The van der Waals surface area contributed by atoms with E-state index in [4.69, 9.17) is 10.5 Å². The van der Waals surface area contributed by atoms with Crippen LogP contribution in [0.15, 0.2) is 24.3 Å². The van der Waals surface area contributed by atoms with Crippen LogP contribution in [0.1, 0.15) is 6.42 Å². The Kier molecular flexibility index (Phi) is 4.17. The van der Waals surface area contributed by atoms with E-state index < -0.39 is 0 Å². The molecule has 1 aliphatic heterocycles. The van der Waals surface area contributed by atoms with E-state index in [1.54, 1.807) is 13.2 Å². The average Bonchev–Trinajstić information content (AvgIpc) is 2.74. The number of anilines is 1. The molecule has 1 heterocycles. The maximum atomic E-state index is 11.8. The van der Waals surface area contributed by atoms with Gasteiger partial charge in [0, 0.05) is 30.9 Å². The molecule has 5 nitrogen and oxygen atoms in total. The highest BCUT2D eigenvalue weighted by atomic mass is 16.5. The fourth-order valence-electron chi connectivity index (χ4n) is 2.11. The van der Waals surface area contributed by atoms with Crippen LogP contribution in [-0.2, 0) is 4.79 Å². The molecule has 1 atom stereocenters. The Balaban J connectivity index is 1.86. The van der Waals surface area contributed by atoms with Gasteiger partial charge < -0.3 is 15.8 Å². The Hall–Kier alpha value is -1.59. The summed E-state index contributed by atoms with van der Waals surface area (Å²) in [5.41, 5.74) is 6.55. The van der Waals surface area contributed by atoms with Gasteiger partial charge in [-0.1, -0.05) is 6.07 Å². The van der Waals surface area contributed by atoms with Crippen molar-refractivity contribution in [3.8, 4) is 5.75 Å². The van der Waals surface area contributed by atoms with Crippen molar-refractivity contribution in [2.24, 2.45) is 5.73 Å². The molecule has 2 rings (SSSR count). The van der Waals surface area contributed by atoms with E-state index in [1.807, 2.05) is 18.2 Å². The minimum Gasteiger partial charge on any atom is -0.497 e. The molecule has 5 heteroatoms. The molecule has 1 saturated heterocycles. The molecule has 18 heavy (non-hydrogen) atoms. The number of amides is 1. The molecule has 3 N–H and O–H groups in total. The van der Waals surface area contributed by atoms with Crippen LogP contribution < -0.4 is 15.8 Å². The lowest BCUT2D eigenvalue weighted by Gasteiger charge is -2.14. The van der Waals surface area contributed by atoms with Crippen LogP contribution in [0.2, 0.25) is 0 Å². The highest BCUT2D eigenvalue weighted by molar-refractivity contribution is 5.92. The average molecular weight is 249 g/mol. The molecule has 0 saturated carbocycles. The van der Waals surface area contributed by atoms with Crippen LogP contribution in [0.3, 0.4) is 0 Å². The topological polar surface area (TPSA) is 67.6 Å². The predicted molar refractivity (Wildman–Crippen MR) is 70.7 cm³/mol. The van der Waals surface area contributed by atoms with Gasteiger partial charge in [0.1, 0.15) is 5.75 Å². The van der Waals surface area contributed by atoms with Crippen LogP contribution in [0.25, 0.3) is 0 Å². The normalized spacial score (nSPS) is 19.8. The molecule has 1 aromatic rings. The molecule has 1 fully saturated rings. The van der Waals surface area contributed by atoms with Gasteiger partial charge in [-0.3, -0.25) is 9.69 Å². The van der Waals surface area contributed by atoms with Crippen LogP contribution in [0, 0.1) is 0 Å². The van der Waals surface area contributed by atoms with E-state index in [-0.39, 0.29) is 11.9 Å². The standard InChI is InChI=1S/C13H19N3O2/c1-18-12-4-2-3-11(7-12)15-13(17)9-16-6-5-10(14)8-16/h2-4,7,10H,5-6,8-9,14H2,1H3,(H,15,17). The molecule has 98 valence electrons. The van der Waals surface area contributed by atoms with E-state index in [9.17, 15) is 4.79 Å². The fraction of sp³-hybridized carbons (Fsp3) is 0.462. The minimum atomic E-state index is -0.0163. The number of methoxy groups -OCH3 is 1. The van der Waals surface area contributed by atoms with E-state index in [2.05, 4.69) is 10.2 Å². The van der Waals surface area contributed by atoms with Gasteiger partial charge in [-0.05, 0) is 18.6 Å².